The molecule has 15 heavy (non-hydrogen) atoms. The highest BCUT2D eigenvalue weighted by Crippen LogP contribution is 2.14. The summed E-state index contributed by atoms with van der Waals surface area (Å²) in [5.74, 6) is 0.289. The molecule has 1 atom stereocenters. The van der Waals surface area contributed by atoms with Gasteiger partial charge < -0.3 is 15.4 Å². The molecule has 1 amide bonds. The molecule has 0 aromatic heterocycles. The number of hydrogen-bond acceptors (Lipinski definition) is 3. The Kier molecular flexibility index (Phi) is 4.54. The summed E-state index contributed by atoms with van der Waals surface area (Å²) < 4.78 is 5.26. The highest BCUT2D eigenvalue weighted by atomic mass is 16.5. The fourth-order valence-electron chi connectivity index (χ4n) is 1.81. The summed E-state index contributed by atoms with van der Waals surface area (Å²) in [5.41, 5.74) is 5.84. The Morgan fingerprint density at radius 2 is 1.93 bits per heavy atom. The Labute approximate surface area is 91.8 Å². The van der Waals surface area contributed by atoms with Crippen LogP contribution in [0.5, 0.6) is 0 Å². The van der Waals surface area contributed by atoms with Gasteiger partial charge in [0.1, 0.15) is 0 Å². The topological polar surface area (TPSA) is 55.6 Å². The first-order valence-electron chi connectivity index (χ1n) is 5.63. The minimum absolute atomic E-state index is 0.0829. The quantitative estimate of drug-likeness (QED) is 0.749. The number of carbonyl (C=O) groups excluding carboxylic acids is 1. The lowest BCUT2D eigenvalue weighted by Gasteiger charge is -2.33. The molecule has 1 aliphatic heterocycles. The maximum Gasteiger partial charge on any atom is 0.239 e. The molecule has 0 saturated carbocycles. The van der Waals surface area contributed by atoms with Gasteiger partial charge in [-0.25, -0.2) is 0 Å². The number of rotatable bonds is 3. The number of likely N-dealkylation sites (tertiary alicyclic amines) is 1. The average molecular weight is 214 g/mol. The van der Waals surface area contributed by atoms with Gasteiger partial charge in [0, 0.05) is 20.2 Å². The van der Waals surface area contributed by atoms with Crippen molar-refractivity contribution >= 4 is 5.91 Å². The van der Waals surface area contributed by atoms with Crippen LogP contribution in [0.1, 0.15) is 26.7 Å². The van der Waals surface area contributed by atoms with E-state index in [4.69, 9.17) is 10.5 Å². The molecule has 1 heterocycles. The number of piperidine rings is 1. The highest BCUT2D eigenvalue weighted by Gasteiger charge is 2.27. The van der Waals surface area contributed by atoms with Crippen molar-refractivity contribution in [2.24, 2.45) is 11.7 Å². The fraction of sp³-hybridized carbons (Fsp3) is 0.909. The lowest BCUT2D eigenvalue weighted by Crippen LogP contribution is -2.50. The van der Waals surface area contributed by atoms with E-state index in [9.17, 15) is 4.79 Å². The van der Waals surface area contributed by atoms with Gasteiger partial charge in [-0.3, -0.25) is 4.79 Å². The molecule has 4 nitrogen and oxygen atoms in total. The number of nitrogens with two attached hydrogens (primary N) is 1. The zero-order chi connectivity index (χ0) is 11.4. The van der Waals surface area contributed by atoms with Crippen LogP contribution in [0.25, 0.3) is 0 Å². The van der Waals surface area contributed by atoms with E-state index in [2.05, 4.69) is 0 Å². The average Bonchev–Trinajstić information content (AvgIpc) is 2.27. The minimum atomic E-state index is -0.357. The fourth-order valence-corrected chi connectivity index (χ4v) is 1.81. The zero-order valence-electron chi connectivity index (χ0n) is 9.90. The molecule has 0 unspecified atom stereocenters. The van der Waals surface area contributed by atoms with Crippen LogP contribution >= 0.6 is 0 Å². The van der Waals surface area contributed by atoms with Crippen molar-refractivity contribution in [3.8, 4) is 0 Å². The summed E-state index contributed by atoms with van der Waals surface area (Å²) in [4.78, 5) is 13.8. The van der Waals surface area contributed by atoms with Crippen LogP contribution in [0.4, 0.5) is 0 Å². The van der Waals surface area contributed by atoms with Crippen molar-refractivity contribution < 1.29 is 9.53 Å². The van der Waals surface area contributed by atoms with Gasteiger partial charge in [-0.2, -0.15) is 0 Å². The van der Waals surface area contributed by atoms with Gasteiger partial charge in [0.15, 0.2) is 0 Å². The summed E-state index contributed by atoms with van der Waals surface area (Å²) >= 11 is 0. The standard InChI is InChI=1S/C11H22N2O2/c1-8(2)10(12)11(14)13-6-4-9(15-3)5-7-13/h8-10H,4-7,12H2,1-3H3/t10-/m0/s1. The molecular weight excluding hydrogens is 192 g/mol. The number of methoxy groups -OCH3 is 1. The molecule has 1 saturated heterocycles. The highest BCUT2D eigenvalue weighted by molar-refractivity contribution is 5.82. The Hall–Kier alpha value is -0.610. The van der Waals surface area contributed by atoms with E-state index in [1.165, 1.54) is 0 Å². The Morgan fingerprint density at radius 1 is 1.40 bits per heavy atom. The van der Waals surface area contributed by atoms with E-state index in [0.29, 0.717) is 6.10 Å². The molecule has 0 aliphatic carbocycles. The number of ether oxygens (including phenoxy) is 1. The van der Waals surface area contributed by atoms with Gasteiger partial charge >= 0.3 is 0 Å². The van der Waals surface area contributed by atoms with Gasteiger partial charge in [-0.15, -0.1) is 0 Å². The first-order chi connectivity index (χ1) is 7.06. The maximum absolute atomic E-state index is 11.9. The molecule has 2 N–H and O–H groups in total. The van der Waals surface area contributed by atoms with Crippen LogP contribution in [0, 0.1) is 5.92 Å². The minimum Gasteiger partial charge on any atom is -0.381 e. The van der Waals surface area contributed by atoms with E-state index in [-0.39, 0.29) is 17.9 Å². The lowest BCUT2D eigenvalue weighted by molar-refractivity contribution is -0.135. The number of nitrogens with zero attached hydrogens (tertiary/aromatic N) is 1. The van der Waals surface area contributed by atoms with Gasteiger partial charge in [0.2, 0.25) is 5.91 Å². The largest absolute Gasteiger partial charge is 0.381 e. The molecular formula is C11H22N2O2. The van der Waals surface area contributed by atoms with Crippen molar-refractivity contribution in [3.63, 3.8) is 0 Å². The molecule has 0 aromatic carbocycles. The predicted molar refractivity (Wildman–Crippen MR) is 59.4 cm³/mol. The van der Waals surface area contributed by atoms with Crippen LogP contribution in [-0.2, 0) is 9.53 Å². The molecule has 1 fully saturated rings. The smallest absolute Gasteiger partial charge is 0.239 e. The third-order valence-corrected chi connectivity index (χ3v) is 3.09. The van der Waals surface area contributed by atoms with Crippen molar-refractivity contribution in [1.29, 1.82) is 0 Å². The summed E-state index contributed by atoms with van der Waals surface area (Å²) in [6.07, 6.45) is 2.16. The number of hydrogen-bond donors (Lipinski definition) is 1. The first-order valence-corrected chi connectivity index (χ1v) is 5.63. The first kappa shape index (κ1) is 12.5. The van der Waals surface area contributed by atoms with E-state index < -0.39 is 0 Å². The molecule has 0 aromatic rings. The maximum atomic E-state index is 11.9. The van der Waals surface area contributed by atoms with Gasteiger partial charge in [0.05, 0.1) is 12.1 Å². The van der Waals surface area contributed by atoms with Gasteiger partial charge in [0.25, 0.3) is 0 Å². The zero-order valence-corrected chi connectivity index (χ0v) is 9.90. The molecule has 1 aliphatic rings. The Morgan fingerprint density at radius 3 is 2.33 bits per heavy atom. The van der Waals surface area contributed by atoms with Gasteiger partial charge in [-0.1, -0.05) is 13.8 Å². The summed E-state index contributed by atoms with van der Waals surface area (Å²) in [6.45, 7) is 5.50. The van der Waals surface area contributed by atoms with E-state index >= 15 is 0 Å². The third kappa shape index (κ3) is 3.18. The van der Waals surface area contributed by atoms with Crippen LogP contribution in [0.2, 0.25) is 0 Å². The van der Waals surface area contributed by atoms with Crippen molar-refractivity contribution in [2.45, 2.75) is 38.8 Å². The van der Waals surface area contributed by atoms with Crippen LogP contribution in [0.3, 0.4) is 0 Å². The van der Waals surface area contributed by atoms with Crippen LogP contribution in [0.15, 0.2) is 0 Å². The predicted octanol–water partition coefficient (Wildman–Crippen LogP) is 0.607. The monoisotopic (exact) mass is 214 g/mol. The summed E-state index contributed by atoms with van der Waals surface area (Å²) in [5, 5.41) is 0. The van der Waals surface area contributed by atoms with Gasteiger partial charge in [-0.05, 0) is 18.8 Å². The molecule has 0 spiro atoms. The Bertz CT molecular complexity index is 211. The molecule has 1 rings (SSSR count). The second kappa shape index (κ2) is 5.47. The summed E-state index contributed by atoms with van der Waals surface area (Å²) in [7, 11) is 1.72. The number of carbonyl (C=O) groups is 1. The van der Waals surface area contributed by atoms with Crippen LogP contribution < -0.4 is 5.73 Å². The lowest BCUT2D eigenvalue weighted by atomic mass is 10.0. The van der Waals surface area contributed by atoms with Crippen LogP contribution in [-0.4, -0.2) is 43.2 Å². The second-order valence-corrected chi connectivity index (χ2v) is 4.53. The summed E-state index contributed by atoms with van der Waals surface area (Å²) in [6, 6.07) is -0.357. The SMILES string of the molecule is COC1CCN(C(=O)[C@@H](N)C(C)C)CC1. The van der Waals surface area contributed by atoms with Crippen molar-refractivity contribution in [2.75, 3.05) is 20.2 Å². The number of amides is 1. The molecule has 88 valence electrons. The normalized spacial score (nSPS) is 20.7. The van der Waals surface area contributed by atoms with E-state index in [1.807, 2.05) is 18.7 Å². The van der Waals surface area contributed by atoms with Crippen molar-refractivity contribution in [1.82, 2.24) is 4.90 Å². The van der Waals surface area contributed by atoms with Crippen molar-refractivity contribution in [3.05, 3.63) is 0 Å². The third-order valence-electron chi connectivity index (χ3n) is 3.09. The Balaban J connectivity index is 2.42. The second-order valence-electron chi connectivity index (χ2n) is 4.53. The molecule has 0 bridgehead atoms. The molecule has 0 radical (unpaired) electrons. The van der Waals surface area contributed by atoms with E-state index in [0.717, 1.165) is 25.9 Å². The molecule has 4 heteroatoms. The van der Waals surface area contributed by atoms with E-state index in [1.54, 1.807) is 7.11 Å².